The molecule has 0 spiro atoms. The second-order valence-electron chi connectivity index (χ2n) is 10.0. The fraction of sp³-hybridized carbons (Fsp3) is 0.519. The summed E-state index contributed by atoms with van der Waals surface area (Å²) in [4.78, 5) is 33.7. The molecule has 5 rings (SSSR count). The van der Waals surface area contributed by atoms with E-state index in [0.717, 1.165) is 72.6 Å². The van der Waals surface area contributed by atoms with Gasteiger partial charge >= 0.3 is 0 Å². The zero-order chi connectivity index (χ0) is 23.5. The normalized spacial score (nSPS) is 18.1. The Balaban J connectivity index is 1.30. The van der Waals surface area contributed by atoms with Gasteiger partial charge in [0, 0.05) is 54.8 Å². The summed E-state index contributed by atoms with van der Waals surface area (Å²) in [5.41, 5.74) is 3.15. The number of carbonyl (C=O) groups excluding carboxylic acids is 1. The number of rotatable bonds is 7. The third-order valence-corrected chi connectivity index (χ3v) is 7.30. The van der Waals surface area contributed by atoms with Gasteiger partial charge in [0.1, 0.15) is 17.3 Å². The lowest BCUT2D eigenvalue weighted by Crippen LogP contribution is -2.42. The molecule has 1 saturated carbocycles. The first-order valence-corrected chi connectivity index (χ1v) is 12.7. The highest BCUT2D eigenvalue weighted by atomic mass is 16.1. The Labute approximate surface area is 201 Å². The molecule has 0 aromatic carbocycles. The highest BCUT2D eigenvalue weighted by Gasteiger charge is 2.23. The van der Waals surface area contributed by atoms with Gasteiger partial charge in [-0.05, 0) is 57.7 Å². The van der Waals surface area contributed by atoms with Crippen LogP contribution in [0, 0.1) is 5.92 Å². The molecular formula is C27H34N6O. The van der Waals surface area contributed by atoms with Gasteiger partial charge in [-0.25, -0.2) is 9.97 Å². The first-order chi connectivity index (χ1) is 16.5. The van der Waals surface area contributed by atoms with E-state index in [2.05, 4.69) is 34.0 Å². The average Bonchev–Trinajstić information content (AvgIpc) is 3.39. The van der Waals surface area contributed by atoms with E-state index in [1.807, 2.05) is 24.4 Å². The summed E-state index contributed by atoms with van der Waals surface area (Å²) >= 11 is 0. The van der Waals surface area contributed by atoms with Crippen molar-refractivity contribution in [3.63, 3.8) is 0 Å². The van der Waals surface area contributed by atoms with Crippen LogP contribution in [-0.2, 0) is 11.2 Å². The van der Waals surface area contributed by atoms with Crippen LogP contribution in [0.5, 0.6) is 0 Å². The number of carbonyl (C=O) groups is 1. The van der Waals surface area contributed by atoms with Crippen LogP contribution in [0.3, 0.4) is 0 Å². The van der Waals surface area contributed by atoms with E-state index >= 15 is 0 Å². The summed E-state index contributed by atoms with van der Waals surface area (Å²) in [5, 5.41) is 4.53. The number of nitrogens with zero attached hydrogens (tertiary/aromatic N) is 5. The molecular weight excluding hydrogens is 424 g/mol. The van der Waals surface area contributed by atoms with Crippen molar-refractivity contribution in [2.75, 3.05) is 18.4 Å². The maximum atomic E-state index is 12.6. The van der Waals surface area contributed by atoms with Crippen molar-refractivity contribution in [2.24, 2.45) is 5.92 Å². The number of ketones is 1. The van der Waals surface area contributed by atoms with E-state index in [1.165, 1.54) is 12.8 Å². The van der Waals surface area contributed by atoms with Crippen molar-refractivity contribution in [3.05, 3.63) is 42.5 Å². The number of likely N-dealkylation sites (tertiary alicyclic amines) is 1. The fourth-order valence-corrected chi connectivity index (χ4v) is 5.20. The van der Waals surface area contributed by atoms with Gasteiger partial charge in [0.2, 0.25) is 0 Å². The summed E-state index contributed by atoms with van der Waals surface area (Å²) < 4.78 is 0. The number of Topliss-reactive ketones (excluding diaryl/α,β-unsaturated/α-hetero) is 1. The Morgan fingerprint density at radius 3 is 2.59 bits per heavy atom. The molecule has 7 nitrogen and oxygen atoms in total. The van der Waals surface area contributed by atoms with E-state index in [4.69, 9.17) is 9.97 Å². The topological polar surface area (TPSA) is 83.9 Å². The van der Waals surface area contributed by atoms with Gasteiger partial charge in [-0.2, -0.15) is 0 Å². The molecule has 7 heteroatoms. The SMILES string of the molecule is CC(C)N1CCC(Nc2cncc(-c3ccc4cnc(CC(=O)C5CCCC5)cc4n3)n2)CC1. The van der Waals surface area contributed by atoms with Crippen molar-refractivity contribution in [1.82, 2.24) is 24.8 Å². The molecule has 34 heavy (non-hydrogen) atoms. The number of anilines is 1. The molecule has 0 atom stereocenters. The molecule has 1 aliphatic heterocycles. The first-order valence-electron chi connectivity index (χ1n) is 12.7. The lowest BCUT2D eigenvalue weighted by atomic mass is 9.98. The summed E-state index contributed by atoms with van der Waals surface area (Å²) in [6.45, 7) is 6.72. The number of pyridine rings is 2. The molecule has 2 aliphatic rings. The maximum absolute atomic E-state index is 12.6. The highest BCUT2D eigenvalue weighted by molar-refractivity contribution is 5.85. The zero-order valence-electron chi connectivity index (χ0n) is 20.2. The highest BCUT2D eigenvalue weighted by Crippen LogP contribution is 2.27. The number of hydrogen-bond donors (Lipinski definition) is 1. The zero-order valence-corrected chi connectivity index (χ0v) is 20.2. The van der Waals surface area contributed by atoms with Gasteiger partial charge in [-0.1, -0.05) is 12.8 Å². The molecule has 0 unspecified atom stereocenters. The number of nitrogens with one attached hydrogen (secondary N) is 1. The van der Waals surface area contributed by atoms with Crippen molar-refractivity contribution in [1.29, 1.82) is 0 Å². The molecule has 0 bridgehead atoms. The van der Waals surface area contributed by atoms with E-state index in [1.54, 1.807) is 12.4 Å². The van der Waals surface area contributed by atoms with Crippen LogP contribution in [0.4, 0.5) is 5.82 Å². The Hall–Kier alpha value is -2.93. The Kier molecular flexibility index (Phi) is 6.81. The van der Waals surface area contributed by atoms with Crippen LogP contribution < -0.4 is 5.32 Å². The molecule has 1 N–H and O–H groups in total. The van der Waals surface area contributed by atoms with Gasteiger partial charge in [0.25, 0.3) is 0 Å². The Morgan fingerprint density at radius 2 is 1.82 bits per heavy atom. The molecule has 2 fully saturated rings. The largest absolute Gasteiger partial charge is 0.366 e. The van der Waals surface area contributed by atoms with Crippen LogP contribution in [0.15, 0.2) is 36.8 Å². The molecule has 0 radical (unpaired) electrons. The van der Waals surface area contributed by atoms with Gasteiger partial charge in [-0.15, -0.1) is 0 Å². The predicted molar refractivity (Wildman–Crippen MR) is 135 cm³/mol. The number of hydrogen-bond acceptors (Lipinski definition) is 7. The standard InChI is InChI=1S/C27H34N6O/c1-18(2)33-11-9-21(10-12-33)30-27-17-28-16-25(32-27)23-8-7-20-15-29-22(13-24(20)31-23)14-26(34)19-5-3-4-6-19/h7-8,13,15-19,21H,3-6,9-12,14H2,1-2H3,(H,30,32). The van der Waals surface area contributed by atoms with E-state index in [-0.39, 0.29) is 5.92 Å². The van der Waals surface area contributed by atoms with Crippen LogP contribution >= 0.6 is 0 Å². The van der Waals surface area contributed by atoms with Crippen LogP contribution in [0.2, 0.25) is 0 Å². The fourth-order valence-electron chi connectivity index (χ4n) is 5.20. The summed E-state index contributed by atoms with van der Waals surface area (Å²) in [7, 11) is 0. The van der Waals surface area contributed by atoms with E-state index in [9.17, 15) is 4.79 Å². The molecule has 3 aromatic rings. The summed E-state index contributed by atoms with van der Waals surface area (Å²) in [6.07, 6.45) is 12.3. The Bertz CT molecular complexity index is 1150. The van der Waals surface area contributed by atoms with Crippen LogP contribution in [0.1, 0.15) is 58.1 Å². The van der Waals surface area contributed by atoms with Crippen molar-refractivity contribution in [2.45, 2.75) is 70.9 Å². The van der Waals surface area contributed by atoms with Gasteiger partial charge in [0.15, 0.2) is 0 Å². The minimum atomic E-state index is 0.208. The minimum Gasteiger partial charge on any atom is -0.366 e. The number of aromatic nitrogens is 4. The summed E-state index contributed by atoms with van der Waals surface area (Å²) in [5.74, 6) is 1.31. The molecule has 1 aliphatic carbocycles. The van der Waals surface area contributed by atoms with E-state index < -0.39 is 0 Å². The van der Waals surface area contributed by atoms with Crippen molar-refractivity contribution >= 4 is 22.5 Å². The third-order valence-electron chi connectivity index (χ3n) is 7.30. The first kappa shape index (κ1) is 22.8. The molecule has 3 aromatic heterocycles. The van der Waals surface area contributed by atoms with Crippen LogP contribution in [0.25, 0.3) is 22.3 Å². The average molecular weight is 459 g/mol. The lowest BCUT2D eigenvalue weighted by molar-refractivity contribution is -0.122. The second kappa shape index (κ2) is 10.1. The number of piperidine rings is 1. The van der Waals surface area contributed by atoms with Gasteiger partial charge < -0.3 is 10.2 Å². The van der Waals surface area contributed by atoms with Crippen LogP contribution in [-0.4, -0.2) is 55.8 Å². The Morgan fingerprint density at radius 1 is 1.03 bits per heavy atom. The molecule has 178 valence electrons. The van der Waals surface area contributed by atoms with Gasteiger partial charge in [0.05, 0.1) is 23.6 Å². The maximum Gasteiger partial charge on any atom is 0.145 e. The molecule has 4 heterocycles. The van der Waals surface area contributed by atoms with Crippen molar-refractivity contribution < 1.29 is 4.79 Å². The predicted octanol–water partition coefficient (Wildman–Crippen LogP) is 4.67. The van der Waals surface area contributed by atoms with Crippen molar-refractivity contribution in [3.8, 4) is 11.4 Å². The second-order valence-corrected chi connectivity index (χ2v) is 10.0. The smallest absolute Gasteiger partial charge is 0.145 e. The third kappa shape index (κ3) is 5.25. The monoisotopic (exact) mass is 458 g/mol. The number of fused-ring (bicyclic) bond motifs is 1. The lowest BCUT2D eigenvalue weighted by Gasteiger charge is -2.35. The minimum absolute atomic E-state index is 0.208. The quantitative estimate of drug-likeness (QED) is 0.551. The van der Waals surface area contributed by atoms with E-state index in [0.29, 0.717) is 24.3 Å². The molecule has 1 saturated heterocycles. The molecule has 0 amide bonds. The van der Waals surface area contributed by atoms with Gasteiger partial charge in [-0.3, -0.25) is 14.8 Å². The summed E-state index contributed by atoms with van der Waals surface area (Å²) in [6, 6.07) is 6.93.